The monoisotopic (exact) mass is 374 g/mol. The van der Waals surface area contributed by atoms with Crippen LogP contribution in [-0.4, -0.2) is 6.61 Å². The Labute approximate surface area is 166 Å². The van der Waals surface area contributed by atoms with Crippen LogP contribution in [0.4, 0.5) is 4.39 Å². The summed E-state index contributed by atoms with van der Waals surface area (Å²) in [5.74, 6) is 3.37. The molecule has 2 aliphatic rings. The lowest BCUT2D eigenvalue weighted by Gasteiger charge is -2.38. The third-order valence-corrected chi connectivity index (χ3v) is 7.31. The SMILES string of the molecule is CCCC[C@H]1CC[C@H]([C@H]2CC[C@H](c3ccc(COCC)c(F)c3)CC2)CC1. The molecular formula is C25H39FO. The zero-order valence-electron chi connectivity index (χ0n) is 17.5. The first kappa shape index (κ1) is 20.8. The summed E-state index contributed by atoms with van der Waals surface area (Å²) >= 11 is 0. The van der Waals surface area contributed by atoms with Crippen molar-refractivity contribution in [3.63, 3.8) is 0 Å². The Balaban J connectivity index is 1.46. The summed E-state index contributed by atoms with van der Waals surface area (Å²) in [6.07, 6.45) is 15.3. The molecule has 0 aromatic heterocycles. The van der Waals surface area contributed by atoms with Crippen LogP contribution in [0.5, 0.6) is 0 Å². The van der Waals surface area contributed by atoms with Crippen molar-refractivity contribution in [1.82, 2.24) is 0 Å². The summed E-state index contributed by atoms with van der Waals surface area (Å²) in [5.41, 5.74) is 1.89. The molecule has 152 valence electrons. The minimum atomic E-state index is -0.0894. The molecular weight excluding hydrogens is 335 g/mol. The molecule has 2 saturated carbocycles. The molecule has 0 aliphatic heterocycles. The highest BCUT2D eigenvalue weighted by Crippen LogP contribution is 2.44. The van der Waals surface area contributed by atoms with Crippen LogP contribution in [0, 0.1) is 23.6 Å². The Morgan fingerprint density at radius 2 is 1.59 bits per heavy atom. The van der Waals surface area contributed by atoms with E-state index in [0.29, 0.717) is 24.7 Å². The largest absolute Gasteiger partial charge is 0.377 e. The quantitative estimate of drug-likeness (QED) is 0.454. The van der Waals surface area contributed by atoms with Crippen molar-refractivity contribution in [2.75, 3.05) is 6.61 Å². The minimum Gasteiger partial charge on any atom is -0.377 e. The van der Waals surface area contributed by atoms with Gasteiger partial charge in [-0.05, 0) is 80.8 Å². The van der Waals surface area contributed by atoms with Gasteiger partial charge in [-0.2, -0.15) is 0 Å². The fourth-order valence-electron chi connectivity index (χ4n) is 5.51. The van der Waals surface area contributed by atoms with Gasteiger partial charge in [-0.1, -0.05) is 51.2 Å². The first-order valence-electron chi connectivity index (χ1n) is 11.6. The van der Waals surface area contributed by atoms with Crippen molar-refractivity contribution in [3.05, 3.63) is 35.1 Å². The van der Waals surface area contributed by atoms with Crippen LogP contribution in [0.2, 0.25) is 0 Å². The van der Waals surface area contributed by atoms with E-state index in [1.54, 1.807) is 6.07 Å². The molecule has 0 bridgehead atoms. The van der Waals surface area contributed by atoms with Crippen molar-refractivity contribution in [3.8, 4) is 0 Å². The molecule has 1 aromatic carbocycles. The highest BCUT2D eigenvalue weighted by atomic mass is 19.1. The average Bonchev–Trinajstić information content (AvgIpc) is 2.72. The highest BCUT2D eigenvalue weighted by Gasteiger charge is 2.31. The Bertz CT molecular complexity index is 553. The van der Waals surface area contributed by atoms with Gasteiger partial charge in [-0.25, -0.2) is 4.39 Å². The van der Waals surface area contributed by atoms with E-state index in [4.69, 9.17) is 4.74 Å². The summed E-state index contributed by atoms with van der Waals surface area (Å²) in [7, 11) is 0. The van der Waals surface area contributed by atoms with Gasteiger partial charge in [0.1, 0.15) is 5.82 Å². The van der Waals surface area contributed by atoms with E-state index in [9.17, 15) is 4.39 Å². The number of unbranched alkanes of at least 4 members (excludes halogenated alkanes) is 1. The van der Waals surface area contributed by atoms with E-state index in [2.05, 4.69) is 13.0 Å². The number of rotatable bonds is 8. The maximum absolute atomic E-state index is 14.3. The van der Waals surface area contributed by atoms with Gasteiger partial charge in [0.05, 0.1) is 6.61 Å². The molecule has 0 heterocycles. The van der Waals surface area contributed by atoms with Crippen LogP contribution < -0.4 is 0 Å². The van der Waals surface area contributed by atoms with E-state index in [-0.39, 0.29) is 5.82 Å². The van der Waals surface area contributed by atoms with E-state index in [1.165, 1.54) is 76.2 Å². The average molecular weight is 375 g/mol. The third-order valence-electron chi connectivity index (χ3n) is 7.31. The zero-order chi connectivity index (χ0) is 19.1. The second kappa shape index (κ2) is 10.6. The molecule has 0 N–H and O–H groups in total. The topological polar surface area (TPSA) is 9.23 Å². The van der Waals surface area contributed by atoms with Crippen LogP contribution >= 0.6 is 0 Å². The standard InChI is InChI=1S/C25H39FO/c1-3-5-6-19-7-9-20(10-8-19)21-11-13-22(14-12-21)23-15-16-24(18-27-4-2)25(26)17-23/h15-17,19-22H,3-14,18H2,1-2H3/t19-,20-,21-,22-. The van der Waals surface area contributed by atoms with E-state index >= 15 is 0 Å². The molecule has 1 nitrogen and oxygen atoms in total. The predicted octanol–water partition coefficient (Wildman–Crippen LogP) is 7.63. The van der Waals surface area contributed by atoms with Gasteiger partial charge in [-0.15, -0.1) is 0 Å². The molecule has 0 spiro atoms. The Hall–Kier alpha value is -0.890. The number of hydrogen-bond acceptors (Lipinski definition) is 1. The molecule has 0 unspecified atom stereocenters. The summed E-state index contributed by atoms with van der Waals surface area (Å²) in [6.45, 7) is 5.27. The molecule has 0 radical (unpaired) electrons. The lowest BCUT2D eigenvalue weighted by Crippen LogP contribution is -2.25. The second-order valence-corrected chi connectivity index (χ2v) is 9.02. The minimum absolute atomic E-state index is 0.0894. The van der Waals surface area contributed by atoms with Gasteiger partial charge >= 0.3 is 0 Å². The van der Waals surface area contributed by atoms with Crippen LogP contribution in [0.25, 0.3) is 0 Å². The molecule has 1 aromatic rings. The fourth-order valence-corrected chi connectivity index (χ4v) is 5.51. The Morgan fingerprint density at radius 3 is 2.19 bits per heavy atom. The van der Waals surface area contributed by atoms with E-state index in [1.807, 2.05) is 13.0 Å². The van der Waals surface area contributed by atoms with Crippen molar-refractivity contribution < 1.29 is 9.13 Å². The van der Waals surface area contributed by atoms with Gasteiger partial charge in [0.25, 0.3) is 0 Å². The number of hydrogen-bond donors (Lipinski definition) is 0. The summed E-state index contributed by atoms with van der Waals surface area (Å²) in [6, 6.07) is 5.85. The first-order chi connectivity index (χ1) is 13.2. The fraction of sp³-hybridized carbons (Fsp3) is 0.760. The predicted molar refractivity (Wildman–Crippen MR) is 111 cm³/mol. The van der Waals surface area contributed by atoms with Crippen LogP contribution in [0.15, 0.2) is 18.2 Å². The first-order valence-corrected chi connectivity index (χ1v) is 11.6. The van der Waals surface area contributed by atoms with Gasteiger partial charge in [0.15, 0.2) is 0 Å². The highest BCUT2D eigenvalue weighted by molar-refractivity contribution is 5.27. The third kappa shape index (κ3) is 5.79. The second-order valence-electron chi connectivity index (χ2n) is 9.02. The van der Waals surface area contributed by atoms with Crippen molar-refractivity contribution in [2.45, 2.75) is 97.0 Å². The van der Waals surface area contributed by atoms with Gasteiger partial charge in [-0.3, -0.25) is 0 Å². The summed E-state index contributed by atoms with van der Waals surface area (Å²) < 4.78 is 19.7. The molecule has 0 amide bonds. The maximum Gasteiger partial charge on any atom is 0.129 e. The van der Waals surface area contributed by atoms with Crippen molar-refractivity contribution in [1.29, 1.82) is 0 Å². The normalized spacial score (nSPS) is 29.0. The number of ether oxygens (including phenoxy) is 1. The van der Waals surface area contributed by atoms with Gasteiger partial charge in [0.2, 0.25) is 0 Å². The van der Waals surface area contributed by atoms with Crippen LogP contribution in [0.3, 0.4) is 0 Å². The molecule has 2 aliphatic carbocycles. The molecule has 2 fully saturated rings. The number of halogens is 1. The Morgan fingerprint density at radius 1 is 0.926 bits per heavy atom. The Kier molecular flexibility index (Phi) is 8.18. The molecule has 2 heteroatoms. The molecule has 27 heavy (non-hydrogen) atoms. The van der Waals surface area contributed by atoms with Crippen LogP contribution in [0.1, 0.15) is 102 Å². The lowest BCUT2D eigenvalue weighted by molar-refractivity contribution is 0.131. The number of benzene rings is 1. The van der Waals surface area contributed by atoms with Gasteiger partial charge in [0, 0.05) is 12.2 Å². The molecule has 0 saturated heterocycles. The van der Waals surface area contributed by atoms with E-state index < -0.39 is 0 Å². The smallest absolute Gasteiger partial charge is 0.129 e. The summed E-state index contributed by atoms with van der Waals surface area (Å²) in [4.78, 5) is 0. The summed E-state index contributed by atoms with van der Waals surface area (Å²) in [5, 5.41) is 0. The van der Waals surface area contributed by atoms with Gasteiger partial charge < -0.3 is 4.74 Å². The lowest BCUT2D eigenvalue weighted by atomic mass is 9.68. The molecule has 0 atom stereocenters. The van der Waals surface area contributed by atoms with Crippen molar-refractivity contribution >= 4 is 0 Å². The van der Waals surface area contributed by atoms with Crippen LogP contribution in [-0.2, 0) is 11.3 Å². The van der Waals surface area contributed by atoms with Crippen molar-refractivity contribution in [2.24, 2.45) is 17.8 Å². The molecule has 3 rings (SSSR count). The maximum atomic E-state index is 14.3. The van der Waals surface area contributed by atoms with E-state index in [0.717, 1.165) is 17.8 Å². The zero-order valence-corrected chi connectivity index (χ0v) is 17.5.